The van der Waals surface area contributed by atoms with Gasteiger partial charge in [-0.1, -0.05) is 25.4 Å². The first kappa shape index (κ1) is 17.2. The normalized spacial score (nSPS) is 18.0. The molecule has 1 fully saturated rings. The second kappa shape index (κ2) is 7.19. The van der Waals surface area contributed by atoms with Crippen LogP contribution in [0.3, 0.4) is 0 Å². The van der Waals surface area contributed by atoms with Crippen molar-refractivity contribution in [2.75, 3.05) is 6.54 Å². The van der Waals surface area contributed by atoms with Gasteiger partial charge in [0.05, 0.1) is 31.0 Å². The number of hydrogen-bond acceptors (Lipinski definition) is 6. The average Bonchev–Trinajstić information content (AvgIpc) is 3.17. The lowest BCUT2D eigenvalue weighted by molar-refractivity contribution is -0.127. The molecule has 3 heterocycles. The van der Waals surface area contributed by atoms with E-state index in [4.69, 9.17) is 4.52 Å². The predicted molar refractivity (Wildman–Crippen MR) is 93.9 cm³/mol. The van der Waals surface area contributed by atoms with Gasteiger partial charge in [0.15, 0.2) is 5.82 Å². The van der Waals surface area contributed by atoms with Gasteiger partial charge < -0.3 is 9.84 Å². The third-order valence-corrected chi connectivity index (χ3v) is 5.21. The number of hydrogen-bond donors (Lipinski definition) is 1. The maximum Gasteiger partial charge on any atom is 0.240 e. The average molecular weight is 358 g/mol. The van der Waals surface area contributed by atoms with Crippen LogP contribution < -0.4 is 5.32 Å². The van der Waals surface area contributed by atoms with Gasteiger partial charge in [0.1, 0.15) is 0 Å². The number of carbonyl (C=O) groups is 1. The van der Waals surface area contributed by atoms with Crippen LogP contribution in [-0.2, 0) is 31.0 Å². The van der Waals surface area contributed by atoms with Crippen molar-refractivity contribution >= 4 is 5.91 Å². The Labute approximate surface area is 152 Å². The number of amides is 1. The van der Waals surface area contributed by atoms with Crippen molar-refractivity contribution in [1.29, 1.82) is 0 Å². The van der Waals surface area contributed by atoms with Crippen LogP contribution in [0.4, 0.5) is 0 Å². The summed E-state index contributed by atoms with van der Waals surface area (Å²) in [5.41, 5.74) is 2.09. The largest absolute Gasteiger partial charge is 0.350 e. The van der Waals surface area contributed by atoms with Crippen LogP contribution >= 0.6 is 0 Å². The molecule has 0 unspecified atom stereocenters. The van der Waals surface area contributed by atoms with E-state index in [0.717, 1.165) is 49.7 Å². The standard InChI is InChI=1S/C18H26N6O2/c1-12(2)17-20-16(26-22-17)11-23-6-7-24-15(10-23)8-14(21-24)9-19-18(25)13-4-3-5-13/h8,12-13H,3-7,9-11H2,1-2H3,(H,19,25). The van der Waals surface area contributed by atoms with Crippen molar-refractivity contribution in [3.8, 4) is 0 Å². The monoisotopic (exact) mass is 358 g/mol. The third-order valence-electron chi connectivity index (χ3n) is 5.21. The molecule has 2 aromatic rings. The Hall–Kier alpha value is -2.22. The zero-order chi connectivity index (χ0) is 18.1. The molecule has 8 heteroatoms. The van der Waals surface area contributed by atoms with Crippen LogP contribution in [-0.4, -0.2) is 37.3 Å². The quantitative estimate of drug-likeness (QED) is 0.847. The summed E-state index contributed by atoms with van der Waals surface area (Å²) in [6.45, 7) is 7.79. The Morgan fingerprint density at radius 2 is 2.23 bits per heavy atom. The lowest BCUT2D eigenvalue weighted by Gasteiger charge is -2.25. The highest BCUT2D eigenvalue weighted by atomic mass is 16.5. The number of nitrogens with one attached hydrogen (secondary N) is 1. The smallest absolute Gasteiger partial charge is 0.240 e. The molecule has 4 rings (SSSR count). The third kappa shape index (κ3) is 3.65. The Morgan fingerprint density at radius 3 is 2.92 bits per heavy atom. The molecular formula is C18H26N6O2. The molecular weight excluding hydrogens is 332 g/mol. The van der Waals surface area contributed by atoms with Crippen molar-refractivity contribution in [1.82, 2.24) is 30.1 Å². The van der Waals surface area contributed by atoms with E-state index >= 15 is 0 Å². The van der Waals surface area contributed by atoms with Crippen LogP contribution in [0.2, 0.25) is 0 Å². The molecule has 26 heavy (non-hydrogen) atoms. The Balaban J connectivity index is 1.33. The summed E-state index contributed by atoms with van der Waals surface area (Å²) in [4.78, 5) is 18.7. The van der Waals surface area contributed by atoms with Crippen LogP contribution in [0.15, 0.2) is 10.6 Å². The first-order chi connectivity index (χ1) is 12.6. The molecule has 0 atom stereocenters. The lowest BCUT2D eigenvalue weighted by Crippen LogP contribution is -2.34. The minimum Gasteiger partial charge on any atom is -0.350 e. The fourth-order valence-corrected chi connectivity index (χ4v) is 3.35. The SMILES string of the molecule is CC(C)c1noc(CN2CCn3nc(CNC(=O)C4CCC4)cc3C2)n1. The van der Waals surface area contributed by atoms with E-state index in [1.165, 1.54) is 6.42 Å². The molecule has 2 aromatic heterocycles. The number of nitrogens with zero attached hydrogens (tertiary/aromatic N) is 5. The van der Waals surface area contributed by atoms with Gasteiger partial charge in [-0.05, 0) is 18.9 Å². The van der Waals surface area contributed by atoms with Crippen LogP contribution in [0.1, 0.15) is 62.1 Å². The Kier molecular flexibility index (Phi) is 4.76. The summed E-state index contributed by atoms with van der Waals surface area (Å²) >= 11 is 0. The maximum absolute atomic E-state index is 12.0. The van der Waals surface area contributed by atoms with Crippen molar-refractivity contribution in [2.24, 2.45) is 5.92 Å². The van der Waals surface area contributed by atoms with Crippen LogP contribution in [0.5, 0.6) is 0 Å². The van der Waals surface area contributed by atoms with Crippen molar-refractivity contribution in [3.63, 3.8) is 0 Å². The van der Waals surface area contributed by atoms with Crippen molar-refractivity contribution in [3.05, 3.63) is 29.2 Å². The Bertz CT molecular complexity index is 776. The number of carbonyl (C=O) groups excluding carboxylic acids is 1. The molecule has 1 N–H and O–H groups in total. The van der Waals surface area contributed by atoms with E-state index in [9.17, 15) is 4.79 Å². The van der Waals surface area contributed by atoms with E-state index < -0.39 is 0 Å². The highest BCUT2D eigenvalue weighted by Crippen LogP contribution is 2.26. The maximum atomic E-state index is 12.0. The number of rotatable bonds is 6. The zero-order valence-corrected chi connectivity index (χ0v) is 15.4. The minimum absolute atomic E-state index is 0.168. The van der Waals surface area contributed by atoms with E-state index in [1.807, 2.05) is 4.68 Å². The molecule has 2 aliphatic rings. The van der Waals surface area contributed by atoms with Gasteiger partial charge >= 0.3 is 0 Å². The van der Waals surface area contributed by atoms with E-state index in [0.29, 0.717) is 19.0 Å². The summed E-state index contributed by atoms with van der Waals surface area (Å²) in [6, 6.07) is 2.08. The van der Waals surface area contributed by atoms with E-state index in [1.54, 1.807) is 0 Å². The summed E-state index contributed by atoms with van der Waals surface area (Å²) in [5, 5.41) is 11.7. The first-order valence-corrected chi connectivity index (χ1v) is 9.46. The molecule has 140 valence electrons. The number of aromatic nitrogens is 4. The molecule has 0 spiro atoms. The second-order valence-corrected chi connectivity index (χ2v) is 7.61. The second-order valence-electron chi connectivity index (χ2n) is 7.61. The molecule has 1 aliphatic heterocycles. The van der Waals surface area contributed by atoms with Gasteiger partial charge in [-0.3, -0.25) is 14.4 Å². The highest BCUT2D eigenvalue weighted by Gasteiger charge is 2.25. The van der Waals surface area contributed by atoms with Gasteiger partial charge in [0.25, 0.3) is 0 Å². The van der Waals surface area contributed by atoms with Crippen LogP contribution in [0.25, 0.3) is 0 Å². The van der Waals surface area contributed by atoms with Crippen LogP contribution in [0, 0.1) is 5.92 Å². The predicted octanol–water partition coefficient (Wildman–Crippen LogP) is 1.82. The molecule has 1 amide bonds. The first-order valence-electron chi connectivity index (χ1n) is 9.46. The topological polar surface area (TPSA) is 89.1 Å². The lowest BCUT2D eigenvalue weighted by atomic mass is 9.85. The zero-order valence-electron chi connectivity index (χ0n) is 15.4. The Morgan fingerprint density at radius 1 is 1.38 bits per heavy atom. The molecule has 1 saturated carbocycles. The fourth-order valence-electron chi connectivity index (χ4n) is 3.35. The fraction of sp³-hybridized carbons (Fsp3) is 0.667. The summed E-state index contributed by atoms with van der Waals surface area (Å²) < 4.78 is 7.39. The molecule has 1 aliphatic carbocycles. The van der Waals surface area contributed by atoms with Crippen molar-refractivity contribution in [2.45, 2.75) is 65.2 Å². The molecule has 0 aromatic carbocycles. The molecule has 0 saturated heterocycles. The van der Waals surface area contributed by atoms with E-state index in [-0.39, 0.29) is 17.7 Å². The van der Waals surface area contributed by atoms with Gasteiger partial charge in [0, 0.05) is 24.9 Å². The summed E-state index contributed by atoms with van der Waals surface area (Å²) in [7, 11) is 0. The summed E-state index contributed by atoms with van der Waals surface area (Å²) in [6.07, 6.45) is 3.22. The van der Waals surface area contributed by atoms with E-state index in [2.05, 4.69) is 45.4 Å². The molecule has 8 nitrogen and oxygen atoms in total. The summed E-state index contributed by atoms with van der Waals surface area (Å²) in [5.74, 6) is 2.07. The van der Waals surface area contributed by atoms with Crippen molar-refractivity contribution < 1.29 is 9.32 Å². The van der Waals surface area contributed by atoms with Gasteiger partial charge in [-0.2, -0.15) is 10.1 Å². The molecule has 0 radical (unpaired) electrons. The van der Waals surface area contributed by atoms with Gasteiger partial charge in [0.2, 0.25) is 11.8 Å². The number of fused-ring (bicyclic) bond motifs is 1. The molecule has 0 bridgehead atoms. The minimum atomic E-state index is 0.168. The van der Waals surface area contributed by atoms with Gasteiger partial charge in [-0.15, -0.1) is 0 Å². The van der Waals surface area contributed by atoms with Gasteiger partial charge in [-0.25, -0.2) is 0 Å². The highest BCUT2D eigenvalue weighted by molar-refractivity contribution is 5.79.